The summed E-state index contributed by atoms with van der Waals surface area (Å²) in [6.07, 6.45) is 5.90. The number of aliphatic imine (C=N–C) groups is 1. The van der Waals surface area contributed by atoms with Crippen LogP contribution in [0.2, 0.25) is 0 Å². The monoisotopic (exact) mass is 338 g/mol. The van der Waals surface area contributed by atoms with Gasteiger partial charge in [-0.25, -0.2) is 4.98 Å². The summed E-state index contributed by atoms with van der Waals surface area (Å²) in [4.78, 5) is 20.0. The fourth-order valence-corrected chi connectivity index (χ4v) is 2.67. The van der Waals surface area contributed by atoms with E-state index in [1.807, 2.05) is 31.2 Å². The SMILES string of the molecule is Cc1cccc(C2(C(=O)N=C(N)/C=C\Nc3ccnc(F)c3)CC2)c1. The molecule has 1 saturated carbocycles. The molecule has 0 radical (unpaired) electrons. The van der Waals surface area contributed by atoms with Crippen LogP contribution in [-0.4, -0.2) is 16.7 Å². The number of amides is 1. The van der Waals surface area contributed by atoms with Crippen LogP contribution in [-0.2, 0) is 10.2 Å². The highest BCUT2D eigenvalue weighted by atomic mass is 19.1. The molecule has 1 aliphatic carbocycles. The second kappa shape index (κ2) is 6.84. The number of hydrogen-bond donors (Lipinski definition) is 2. The van der Waals surface area contributed by atoms with Crippen LogP contribution in [0.4, 0.5) is 10.1 Å². The van der Waals surface area contributed by atoms with Gasteiger partial charge in [-0.15, -0.1) is 0 Å². The van der Waals surface area contributed by atoms with Gasteiger partial charge in [-0.1, -0.05) is 29.8 Å². The summed E-state index contributed by atoms with van der Waals surface area (Å²) in [5.74, 6) is -0.704. The molecule has 0 bridgehead atoms. The Morgan fingerprint density at radius 2 is 2.16 bits per heavy atom. The third kappa shape index (κ3) is 3.91. The number of pyridine rings is 1. The number of rotatable bonds is 5. The van der Waals surface area contributed by atoms with Crippen molar-refractivity contribution >= 4 is 17.4 Å². The molecule has 3 rings (SSSR count). The van der Waals surface area contributed by atoms with Crippen molar-refractivity contribution in [1.29, 1.82) is 0 Å². The maximum Gasteiger partial charge on any atom is 0.258 e. The molecule has 0 atom stereocenters. The van der Waals surface area contributed by atoms with Crippen LogP contribution < -0.4 is 11.1 Å². The number of nitrogens with two attached hydrogens (primary N) is 1. The first-order valence-electron chi connectivity index (χ1n) is 8.00. The molecular formula is C19H19FN4O. The van der Waals surface area contributed by atoms with Crippen LogP contribution in [0.1, 0.15) is 24.0 Å². The van der Waals surface area contributed by atoms with Crippen molar-refractivity contribution in [3.8, 4) is 0 Å². The van der Waals surface area contributed by atoms with Gasteiger partial charge in [0, 0.05) is 24.2 Å². The van der Waals surface area contributed by atoms with Crippen molar-refractivity contribution in [3.05, 3.63) is 71.9 Å². The van der Waals surface area contributed by atoms with Gasteiger partial charge in [0.15, 0.2) is 0 Å². The minimum absolute atomic E-state index is 0.103. The Morgan fingerprint density at radius 3 is 2.84 bits per heavy atom. The van der Waals surface area contributed by atoms with E-state index in [1.165, 1.54) is 24.5 Å². The summed E-state index contributed by atoms with van der Waals surface area (Å²) in [6.45, 7) is 2.00. The van der Waals surface area contributed by atoms with Gasteiger partial charge in [-0.2, -0.15) is 9.38 Å². The van der Waals surface area contributed by atoms with Crippen molar-refractivity contribution in [1.82, 2.24) is 4.98 Å². The Bertz CT molecular complexity index is 856. The predicted octanol–water partition coefficient (Wildman–Crippen LogP) is 3.07. The van der Waals surface area contributed by atoms with Gasteiger partial charge in [0.2, 0.25) is 5.95 Å². The molecular weight excluding hydrogens is 319 g/mol. The van der Waals surface area contributed by atoms with Crippen molar-refractivity contribution in [2.45, 2.75) is 25.2 Å². The van der Waals surface area contributed by atoms with Gasteiger partial charge in [0.05, 0.1) is 5.41 Å². The number of nitrogens with zero attached hydrogens (tertiary/aromatic N) is 2. The summed E-state index contributed by atoms with van der Waals surface area (Å²) >= 11 is 0. The molecule has 1 aliphatic rings. The largest absolute Gasteiger partial charge is 0.384 e. The summed E-state index contributed by atoms with van der Waals surface area (Å²) in [5.41, 5.74) is 7.91. The molecule has 6 heteroatoms. The lowest BCUT2D eigenvalue weighted by Crippen LogP contribution is -2.22. The van der Waals surface area contributed by atoms with E-state index in [0.717, 1.165) is 24.0 Å². The van der Waals surface area contributed by atoms with Crippen LogP contribution in [0.15, 0.2) is 59.9 Å². The maximum absolute atomic E-state index is 13.0. The molecule has 0 unspecified atom stereocenters. The number of carbonyl (C=O) groups excluding carboxylic acids is 1. The average Bonchev–Trinajstić information content (AvgIpc) is 3.37. The van der Waals surface area contributed by atoms with E-state index < -0.39 is 11.4 Å². The molecule has 2 aromatic rings. The first-order chi connectivity index (χ1) is 12.0. The van der Waals surface area contributed by atoms with Gasteiger partial charge < -0.3 is 11.1 Å². The fourth-order valence-electron chi connectivity index (χ4n) is 2.67. The zero-order valence-corrected chi connectivity index (χ0v) is 13.9. The third-order valence-corrected chi connectivity index (χ3v) is 4.19. The van der Waals surface area contributed by atoms with E-state index in [9.17, 15) is 9.18 Å². The van der Waals surface area contributed by atoms with Gasteiger partial charge in [0.25, 0.3) is 5.91 Å². The number of benzene rings is 1. The Kier molecular flexibility index (Phi) is 4.61. The van der Waals surface area contributed by atoms with Crippen LogP contribution in [0.25, 0.3) is 0 Å². The van der Waals surface area contributed by atoms with Crippen molar-refractivity contribution in [2.75, 3.05) is 5.32 Å². The standard InChI is InChI=1S/C19H19FN4O/c1-13-3-2-4-14(11-13)19(7-8-19)18(25)24-17(21)6-10-22-15-5-9-23-16(20)12-15/h2-6,9-12H,7-8H2,1H3,(H,22,23)(H2,21,24,25)/b10-6-. The summed E-state index contributed by atoms with van der Waals surface area (Å²) < 4.78 is 13.0. The van der Waals surface area contributed by atoms with E-state index in [2.05, 4.69) is 15.3 Å². The summed E-state index contributed by atoms with van der Waals surface area (Å²) in [7, 11) is 0. The van der Waals surface area contributed by atoms with Crippen LogP contribution in [0.3, 0.4) is 0 Å². The number of anilines is 1. The van der Waals surface area contributed by atoms with Gasteiger partial charge in [0.1, 0.15) is 5.84 Å². The smallest absolute Gasteiger partial charge is 0.258 e. The number of aromatic nitrogens is 1. The normalized spacial score (nSPS) is 16.0. The van der Waals surface area contributed by atoms with E-state index in [1.54, 1.807) is 6.07 Å². The Labute approximate surface area is 145 Å². The number of nitrogens with one attached hydrogen (secondary N) is 1. The molecule has 1 fully saturated rings. The quantitative estimate of drug-likeness (QED) is 0.499. The summed E-state index contributed by atoms with van der Waals surface area (Å²) in [6, 6.07) is 10.8. The van der Waals surface area contributed by atoms with E-state index >= 15 is 0 Å². The highest BCUT2D eigenvalue weighted by molar-refractivity contribution is 6.04. The lowest BCUT2D eigenvalue weighted by molar-refractivity contribution is -0.120. The average molecular weight is 338 g/mol. The minimum atomic E-state index is -0.580. The molecule has 1 heterocycles. The molecule has 0 aliphatic heterocycles. The number of aryl methyl sites for hydroxylation is 1. The number of hydrogen-bond acceptors (Lipinski definition) is 3. The molecule has 0 spiro atoms. The first kappa shape index (κ1) is 16.8. The summed E-state index contributed by atoms with van der Waals surface area (Å²) in [5, 5.41) is 2.85. The zero-order valence-electron chi connectivity index (χ0n) is 13.9. The third-order valence-electron chi connectivity index (χ3n) is 4.19. The highest BCUT2D eigenvalue weighted by Crippen LogP contribution is 2.49. The Hall–Kier alpha value is -3.02. The number of amidine groups is 1. The lowest BCUT2D eigenvalue weighted by atomic mass is 9.94. The van der Waals surface area contributed by atoms with Gasteiger partial charge >= 0.3 is 0 Å². The Morgan fingerprint density at radius 1 is 1.36 bits per heavy atom. The minimum Gasteiger partial charge on any atom is -0.384 e. The first-order valence-corrected chi connectivity index (χ1v) is 8.00. The maximum atomic E-state index is 13.0. The second-order valence-electron chi connectivity index (χ2n) is 6.14. The molecule has 5 nitrogen and oxygen atoms in total. The zero-order chi connectivity index (χ0) is 17.9. The molecule has 3 N–H and O–H groups in total. The van der Waals surface area contributed by atoms with Crippen LogP contribution in [0, 0.1) is 12.9 Å². The van der Waals surface area contributed by atoms with E-state index in [-0.39, 0.29) is 11.7 Å². The van der Waals surface area contributed by atoms with Crippen LogP contribution >= 0.6 is 0 Å². The molecule has 1 aromatic heterocycles. The van der Waals surface area contributed by atoms with Gasteiger partial charge in [-0.05, 0) is 37.5 Å². The topological polar surface area (TPSA) is 80.4 Å². The number of halogens is 1. The highest BCUT2D eigenvalue weighted by Gasteiger charge is 2.51. The van der Waals surface area contributed by atoms with E-state index in [0.29, 0.717) is 5.69 Å². The fraction of sp³-hybridized carbons (Fsp3) is 0.211. The van der Waals surface area contributed by atoms with E-state index in [4.69, 9.17) is 5.73 Å². The molecule has 0 saturated heterocycles. The molecule has 1 amide bonds. The molecule has 1 aromatic carbocycles. The van der Waals surface area contributed by atoms with Crippen LogP contribution in [0.5, 0.6) is 0 Å². The lowest BCUT2D eigenvalue weighted by Gasteiger charge is -2.12. The molecule has 25 heavy (non-hydrogen) atoms. The van der Waals surface area contributed by atoms with Crippen molar-refractivity contribution < 1.29 is 9.18 Å². The second-order valence-corrected chi connectivity index (χ2v) is 6.14. The predicted molar refractivity (Wildman–Crippen MR) is 95.7 cm³/mol. The van der Waals surface area contributed by atoms with Gasteiger partial charge in [-0.3, -0.25) is 4.79 Å². The Balaban J connectivity index is 1.67. The van der Waals surface area contributed by atoms with Crippen molar-refractivity contribution in [3.63, 3.8) is 0 Å². The molecule has 128 valence electrons. The van der Waals surface area contributed by atoms with Crippen molar-refractivity contribution in [2.24, 2.45) is 10.7 Å². The number of carbonyl (C=O) groups is 1.